The van der Waals surface area contributed by atoms with Crippen LogP contribution in [0.5, 0.6) is 5.75 Å². The van der Waals surface area contributed by atoms with Crippen molar-refractivity contribution in [3.8, 4) is 5.75 Å². The van der Waals surface area contributed by atoms with Gasteiger partial charge in [0.25, 0.3) is 5.91 Å². The summed E-state index contributed by atoms with van der Waals surface area (Å²) in [5, 5.41) is 29.0. The van der Waals surface area contributed by atoms with E-state index in [2.05, 4.69) is 0 Å². The number of carbonyl (C=O) groups is 2. The molecule has 120 valence electrons. The predicted molar refractivity (Wildman–Crippen MR) is 75.8 cm³/mol. The van der Waals surface area contributed by atoms with E-state index in [-0.39, 0.29) is 24.2 Å². The highest BCUT2D eigenvalue weighted by Crippen LogP contribution is 2.26. The maximum Gasteiger partial charge on any atom is 0.341 e. The number of hydrogen-bond acceptors (Lipinski definition) is 5. The van der Waals surface area contributed by atoms with Crippen LogP contribution in [0.2, 0.25) is 0 Å². The second-order valence-electron chi connectivity index (χ2n) is 6.50. The van der Waals surface area contributed by atoms with Crippen LogP contribution in [-0.4, -0.2) is 49.4 Å². The van der Waals surface area contributed by atoms with Gasteiger partial charge in [-0.1, -0.05) is 20.8 Å². The van der Waals surface area contributed by atoms with E-state index in [1.54, 1.807) is 0 Å². The number of amides is 1. The largest absolute Gasteiger partial charge is 0.503 e. The fraction of sp³-hybridized carbons (Fsp3) is 0.500. The Morgan fingerprint density at radius 1 is 1.36 bits per heavy atom. The van der Waals surface area contributed by atoms with Crippen LogP contribution in [0.25, 0.3) is 0 Å². The van der Waals surface area contributed by atoms with E-state index in [4.69, 9.17) is 5.11 Å². The Kier molecular flexibility index (Phi) is 3.74. The average molecular weight is 310 g/mol. The Labute approximate surface area is 126 Å². The number of aromatic hydroxyl groups is 1. The van der Waals surface area contributed by atoms with Crippen molar-refractivity contribution in [2.24, 2.45) is 5.41 Å². The number of aliphatic hydroxyl groups excluding tert-OH is 1. The van der Waals surface area contributed by atoms with Gasteiger partial charge in [0.1, 0.15) is 11.8 Å². The van der Waals surface area contributed by atoms with Crippen molar-refractivity contribution in [2.75, 3.05) is 6.54 Å². The molecule has 0 spiro atoms. The molecule has 0 bridgehead atoms. The molecule has 1 amide bonds. The van der Waals surface area contributed by atoms with Gasteiger partial charge < -0.3 is 24.8 Å². The summed E-state index contributed by atoms with van der Waals surface area (Å²) >= 11 is 0. The highest BCUT2D eigenvalue weighted by atomic mass is 16.4. The number of aromatic nitrogens is 1. The molecule has 1 aliphatic heterocycles. The van der Waals surface area contributed by atoms with Crippen molar-refractivity contribution in [1.82, 2.24) is 9.47 Å². The van der Waals surface area contributed by atoms with Crippen molar-refractivity contribution < 1.29 is 24.9 Å². The third kappa shape index (κ3) is 2.69. The molecule has 1 aromatic heterocycles. The second-order valence-corrected chi connectivity index (χ2v) is 6.50. The topological polar surface area (TPSA) is 120 Å². The van der Waals surface area contributed by atoms with Crippen LogP contribution in [0.1, 0.15) is 41.6 Å². The molecular formula is C14H18N2O6. The molecule has 0 aromatic carbocycles. The van der Waals surface area contributed by atoms with E-state index >= 15 is 0 Å². The maximum absolute atomic E-state index is 12.5. The minimum absolute atomic E-state index is 0.120. The first-order valence-electron chi connectivity index (χ1n) is 6.71. The Hall–Kier alpha value is -2.35. The van der Waals surface area contributed by atoms with E-state index in [1.807, 2.05) is 20.8 Å². The molecule has 3 N–H and O–H groups in total. The number of carbonyl (C=O) groups excluding carboxylic acids is 1. The van der Waals surface area contributed by atoms with Crippen molar-refractivity contribution in [3.05, 3.63) is 27.7 Å². The first-order valence-corrected chi connectivity index (χ1v) is 6.71. The molecule has 1 aliphatic rings. The average Bonchev–Trinajstić information content (AvgIpc) is 2.37. The molecule has 0 saturated carbocycles. The molecule has 0 fully saturated rings. The second kappa shape index (κ2) is 5.13. The summed E-state index contributed by atoms with van der Waals surface area (Å²) in [6, 6.07) is 0. The normalized spacial score (nSPS) is 18.3. The number of carboxylic acid groups (broad SMARTS) is 1. The van der Waals surface area contributed by atoms with Crippen LogP contribution in [-0.2, 0) is 6.54 Å². The fourth-order valence-corrected chi connectivity index (χ4v) is 2.40. The zero-order chi connectivity index (χ0) is 16.8. The Bertz CT molecular complexity index is 701. The summed E-state index contributed by atoms with van der Waals surface area (Å²) in [4.78, 5) is 36.4. The summed E-state index contributed by atoms with van der Waals surface area (Å²) in [6.07, 6.45) is -0.197. The van der Waals surface area contributed by atoms with E-state index < -0.39 is 34.8 Å². The van der Waals surface area contributed by atoms with E-state index in [9.17, 15) is 24.6 Å². The quantitative estimate of drug-likeness (QED) is 0.711. The number of rotatable bonds is 2. The van der Waals surface area contributed by atoms with E-state index in [0.29, 0.717) is 0 Å². The van der Waals surface area contributed by atoms with Crippen molar-refractivity contribution in [3.63, 3.8) is 0 Å². The van der Waals surface area contributed by atoms with Crippen molar-refractivity contribution in [1.29, 1.82) is 0 Å². The molecule has 22 heavy (non-hydrogen) atoms. The monoisotopic (exact) mass is 310 g/mol. The summed E-state index contributed by atoms with van der Waals surface area (Å²) in [5.41, 5.74) is -2.36. The van der Waals surface area contributed by atoms with E-state index in [0.717, 1.165) is 15.7 Å². The first-order chi connectivity index (χ1) is 10.0. The van der Waals surface area contributed by atoms with Gasteiger partial charge in [0.15, 0.2) is 11.4 Å². The van der Waals surface area contributed by atoms with Gasteiger partial charge in [0, 0.05) is 12.7 Å². The highest BCUT2D eigenvalue weighted by molar-refractivity contribution is 5.97. The maximum atomic E-state index is 12.5. The van der Waals surface area contributed by atoms with Crippen molar-refractivity contribution >= 4 is 11.9 Å². The van der Waals surface area contributed by atoms with Gasteiger partial charge in [-0.2, -0.15) is 0 Å². The van der Waals surface area contributed by atoms with Gasteiger partial charge in [-0.3, -0.25) is 9.59 Å². The molecule has 0 radical (unpaired) electrons. The summed E-state index contributed by atoms with van der Waals surface area (Å²) < 4.78 is 1.10. The third-order valence-electron chi connectivity index (χ3n) is 3.31. The lowest BCUT2D eigenvalue weighted by Gasteiger charge is -2.38. The van der Waals surface area contributed by atoms with Crippen LogP contribution in [0.3, 0.4) is 0 Å². The first kappa shape index (κ1) is 16.0. The molecular weight excluding hydrogens is 292 g/mol. The molecule has 0 aliphatic carbocycles. The SMILES string of the molecule is CC(C)(C)CN1C(=O)c2c(O)c(=O)c(C(=O)O)cn2CC1O. The van der Waals surface area contributed by atoms with Crippen LogP contribution in [0.4, 0.5) is 0 Å². The number of fused-ring (bicyclic) bond motifs is 1. The van der Waals surface area contributed by atoms with Gasteiger partial charge in [0.2, 0.25) is 5.43 Å². The van der Waals surface area contributed by atoms with Gasteiger partial charge in [-0.25, -0.2) is 4.79 Å². The Morgan fingerprint density at radius 2 is 1.95 bits per heavy atom. The third-order valence-corrected chi connectivity index (χ3v) is 3.31. The number of hydrogen-bond donors (Lipinski definition) is 3. The standard InChI is InChI=1S/C14H18N2O6/c1-14(2,3)6-16-8(17)5-15-4-7(13(21)22)10(18)11(19)9(15)12(16)20/h4,8,17,19H,5-6H2,1-3H3,(H,21,22). The van der Waals surface area contributed by atoms with Gasteiger partial charge in [-0.05, 0) is 5.41 Å². The molecule has 0 saturated heterocycles. The molecule has 8 nitrogen and oxygen atoms in total. The number of carboxylic acids is 1. The number of aromatic carboxylic acids is 1. The zero-order valence-corrected chi connectivity index (χ0v) is 12.5. The van der Waals surface area contributed by atoms with Crippen LogP contribution < -0.4 is 5.43 Å². The lowest BCUT2D eigenvalue weighted by Crippen LogP contribution is -2.51. The zero-order valence-electron chi connectivity index (χ0n) is 12.5. The molecule has 1 unspecified atom stereocenters. The molecule has 2 heterocycles. The van der Waals surface area contributed by atoms with Gasteiger partial charge in [-0.15, -0.1) is 0 Å². The highest BCUT2D eigenvalue weighted by Gasteiger charge is 2.37. The minimum Gasteiger partial charge on any atom is -0.503 e. The van der Waals surface area contributed by atoms with E-state index in [1.165, 1.54) is 0 Å². The number of nitrogens with zero attached hydrogens (tertiary/aromatic N) is 2. The Balaban J connectivity index is 2.57. The fourth-order valence-electron chi connectivity index (χ4n) is 2.40. The summed E-state index contributed by atoms with van der Waals surface area (Å²) in [5.74, 6) is -3.12. The Morgan fingerprint density at radius 3 is 2.45 bits per heavy atom. The summed E-state index contributed by atoms with van der Waals surface area (Å²) in [7, 11) is 0. The van der Waals surface area contributed by atoms with Crippen LogP contribution in [0.15, 0.2) is 11.0 Å². The molecule has 2 rings (SSSR count). The smallest absolute Gasteiger partial charge is 0.341 e. The number of pyridine rings is 1. The lowest BCUT2D eigenvalue weighted by atomic mass is 9.95. The van der Waals surface area contributed by atoms with Crippen LogP contribution >= 0.6 is 0 Å². The summed E-state index contributed by atoms with van der Waals surface area (Å²) in [6.45, 7) is 5.73. The predicted octanol–water partition coefficient (Wildman–Crippen LogP) is 0.0724. The molecule has 1 aromatic rings. The lowest BCUT2D eigenvalue weighted by molar-refractivity contribution is -0.0246. The van der Waals surface area contributed by atoms with Crippen molar-refractivity contribution in [2.45, 2.75) is 33.5 Å². The molecule has 1 atom stereocenters. The minimum atomic E-state index is -1.50. The van der Waals surface area contributed by atoms with Crippen LogP contribution in [0, 0.1) is 5.41 Å². The molecule has 8 heteroatoms. The van der Waals surface area contributed by atoms with Gasteiger partial charge in [0.05, 0.1) is 6.54 Å². The number of aliphatic hydroxyl groups is 1. The van der Waals surface area contributed by atoms with Gasteiger partial charge >= 0.3 is 5.97 Å².